The molecule has 0 amide bonds. The zero-order valence-electron chi connectivity index (χ0n) is 11.8. The molecule has 0 aliphatic carbocycles. The van der Waals surface area contributed by atoms with Crippen LogP contribution in [0.15, 0.2) is 47.3 Å². The van der Waals surface area contributed by atoms with Crippen molar-refractivity contribution in [2.45, 2.75) is 0 Å². The minimum atomic E-state index is -0.150. The molecule has 1 aromatic heterocycles. The Labute approximate surface area is 137 Å². The van der Waals surface area contributed by atoms with Gasteiger partial charge in [0.25, 0.3) is 5.56 Å². The minimum absolute atomic E-state index is 0.150. The molecule has 0 radical (unpaired) electrons. The fourth-order valence-corrected chi connectivity index (χ4v) is 2.80. The molecule has 5 heteroatoms. The van der Waals surface area contributed by atoms with Gasteiger partial charge in [0.15, 0.2) is 0 Å². The molecule has 3 aromatic rings. The molecular weight excluding hydrogens is 319 g/mol. The number of hydrogen-bond acceptors (Lipinski definition) is 2. The van der Waals surface area contributed by atoms with Crippen molar-refractivity contribution in [2.75, 3.05) is 0 Å². The summed E-state index contributed by atoms with van der Waals surface area (Å²) in [5, 5.41) is 1.10. The fraction of sp³-hybridized carbons (Fsp3) is 0.0588. The summed E-state index contributed by atoms with van der Waals surface area (Å²) < 4.78 is 1.59. The highest BCUT2D eigenvalue weighted by Gasteiger charge is 2.05. The summed E-state index contributed by atoms with van der Waals surface area (Å²) in [6.07, 6.45) is 3.45. The predicted molar refractivity (Wildman–Crippen MR) is 92.4 cm³/mol. The van der Waals surface area contributed by atoms with Gasteiger partial charge in [0.2, 0.25) is 0 Å². The molecule has 22 heavy (non-hydrogen) atoms. The molecule has 0 spiro atoms. The van der Waals surface area contributed by atoms with Gasteiger partial charge in [0.05, 0.1) is 11.0 Å². The Morgan fingerprint density at radius 1 is 1.05 bits per heavy atom. The van der Waals surface area contributed by atoms with Gasteiger partial charge in [0.1, 0.15) is 5.69 Å². The standard InChI is InChI=1S/C17H12Cl2N2O/c1-21-16-5-3-2-4-14(16)20-15(17(21)22)7-6-11-8-12(18)10-13(19)9-11/h2-10H,1H3. The maximum atomic E-state index is 12.3. The van der Waals surface area contributed by atoms with Gasteiger partial charge in [-0.3, -0.25) is 4.79 Å². The number of aromatic nitrogens is 2. The van der Waals surface area contributed by atoms with Gasteiger partial charge in [-0.05, 0) is 42.0 Å². The van der Waals surface area contributed by atoms with Gasteiger partial charge in [-0.1, -0.05) is 41.4 Å². The van der Waals surface area contributed by atoms with E-state index in [1.165, 1.54) is 0 Å². The molecule has 3 nitrogen and oxygen atoms in total. The number of para-hydroxylation sites is 2. The number of halogens is 2. The van der Waals surface area contributed by atoms with E-state index in [1.54, 1.807) is 42.0 Å². The van der Waals surface area contributed by atoms with Crippen LogP contribution in [0.1, 0.15) is 11.3 Å². The first-order valence-electron chi connectivity index (χ1n) is 6.64. The number of fused-ring (bicyclic) bond motifs is 1. The Balaban J connectivity index is 2.09. The van der Waals surface area contributed by atoms with Crippen LogP contribution in [0.3, 0.4) is 0 Å². The molecule has 110 valence electrons. The third-order valence-corrected chi connectivity index (χ3v) is 3.76. The van der Waals surface area contributed by atoms with Crippen molar-refractivity contribution in [3.63, 3.8) is 0 Å². The second-order valence-electron chi connectivity index (χ2n) is 4.89. The molecule has 0 N–H and O–H groups in total. The number of hydrogen-bond donors (Lipinski definition) is 0. The fourth-order valence-electron chi connectivity index (χ4n) is 2.26. The summed E-state index contributed by atoms with van der Waals surface area (Å²) >= 11 is 11.9. The van der Waals surface area contributed by atoms with Crippen LogP contribution in [-0.2, 0) is 7.05 Å². The Kier molecular flexibility index (Phi) is 4.01. The maximum absolute atomic E-state index is 12.3. The van der Waals surface area contributed by atoms with Crippen LogP contribution in [0.4, 0.5) is 0 Å². The van der Waals surface area contributed by atoms with E-state index in [-0.39, 0.29) is 5.56 Å². The van der Waals surface area contributed by atoms with E-state index in [1.807, 2.05) is 24.3 Å². The normalized spacial score (nSPS) is 11.4. The average Bonchev–Trinajstić information content (AvgIpc) is 2.48. The van der Waals surface area contributed by atoms with E-state index in [2.05, 4.69) is 4.98 Å². The topological polar surface area (TPSA) is 34.9 Å². The third kappa shape index (κ3) is 2.91. The van der Waals surface area contributed by atoms with Crippen molar-refractivity contribution in [1.82, 2.24) is 9.55 Å². The molecule has 0 atom stereocenters. The summed E-state index contributed by atoms with van der Waals surface area (Å²) in [6, 6.07) is 12.7. The van der Waals surface area contributed by atoms with Gasteiger partial charge in [-0.2, -0.15) is 0 Å². The van der Waals surface area contributed by atoms with Crippen molar-refractivity contribution >= 4 is 46.4 Å². The quantitative estimate of drug-likeness (QED) is 0.697. The van der Waals surface area contributed by atoms with Crippen LogP contribution in [0.5, 0.6) is 0 Å². The van der Waals surface area contributed by atoms with Crippen molar-refractivity contribution < 1.29 is 0 Å². The number of nitrogens with zero attached hydrogens (tertiary/aromatic N) is 2. The smallest absolute Gasteiger partial charge is 0.276 e. The maximum Gasteiger partial charge on any atom is 0.276 e. The molecular formula is C17H12Cl2N2O. The van der Waals surface area contributed by atoms with Gasteiger partial charge in [-0.25, -0.2) is 4.98 Å². The number of aryl methyl sites for hydroxylation is 1. The van der Waals surface area contributed by atoms with E-state index in [0.717, 1.165) is 16.6 Å². The summed E-state index contributed by atoms with van der Waals surface area (Å²) in [7, 11) is 1.74. The predicted octanol–water partition coefficient (Wildman–Crippen LogP) is 4.41. The third-order valence-electron chi connectivity index (χ3n) is 3.33. The van der Waals surface area contributed by atoms with Crippen LogP contribution < -0.4 is 5.56 Å². The summed E-state index contributed by atoms with van der Waals surface area (Å²) in [4.78, 5) is 16.7. The van der Waals surface area contributed by atoms with Crippen LogP contribution in [0, 0.1) is 0 Å². The van der Waals surface area contributed by atoms with Gasteiger partial charge in [-0.15, -0.1) is 0 Å². The van der Waals surface area contributed by atoms with Gasteiger partial charge < -0.3 is 4.57 Å². The van der Waals surface area contributed by atoms with E-state index >= 15 is 0 Å². The Bertz CT molecular complexity index is 925. The number of benzene rings is 2. The largest absolute Gasteiger partial charge is 0.308 e. The zero-order chi connectivity index (χ0) is 15.7. The van der Waals surface area contributed by atoms with E-state index in [0.29, 0.717) is 15.7 Å². The molecule has 0 aliphatic rings. The van der Waals surface area contributed by atoms with Crippen molar-refractivity contribution in [3.8, 4) is 0 Å². The van der Waals surface area contributed by atoms with Crippen LogP contribution in [-0.4, -0.2) is 9.55 Å². The first-order valence-corrected chi connectivity index (χ1v) is 7.40. The highest BCUT2D eigenvalue weighted by molar-refractivity contribution is 6.34. The summed E-state index contributed by atoms with van der Waals surface area (Å²) in [5.74, 6) is 0. The Morgan fingerprint density at radius 3 is 2.45 bits per heavy atom. The second kappa shape index (κ2) is 5.95. The lowest BCUT2D eigenvalue weighted by molar-refractivity contribution is 0.887. The summed E-state index contributed by atoms with van der Waals surface area (Å²) in [5.41, 5.74) is 2.61. The molecule has 2 aromatic carbocycles. The van der Waals surface area contributed by atoms with Gasteiger partial charge >= 0.3 is 0 Å². The van der Waals surface area contributed by atoms with Gasteiger partial charge in [0, 0.05) is 17.1 Å². The SMILES string of the molecule is Cn1c(=O)c(C=Cc2cc(Cl)cc(Cl)c2)nc2ccccc21. The van der Waals surface area contributed by atoms with Crippen LogP contribution >= 0.6 is 23.2 Å². The molecule has 0 saturated carbocycles. The zero-order valence-corrected chi connectivity index (χ0v) is 13.3. The second-order valence-corrected chi connectivity index (χ2v) is 5.76. The lowest BCUT2D eigenvalue weighted by Crippen LogP contribution is -2.21. The first kappa shape index (κ1) is 14.8. The lowest BCUT2D eigenvalue weighted by Gasteiger charge is -2.05. The van der Waals surface area contributed by atoms with Crippen molar-refractivity contribution in [2.24, 2.45) is 7.05 Å². The molecule has 0 unspecified atom stereocenters. The number of rotatable bonds is 2. The average molecular weight is 331 g/mol. The molecule has 0 aliphatic heterocycles. The van der Waals surface area contributed by atoms with Crippen LogP contribution in [0.25, 0.3) is 23.2 Å². The van der Waals surface area contributed by atoms with E-state index in [9.17, 15) is 4.79 Å². The Morgan fingerprint density at radius 2 is 1.73 bits per heavy atom. The molecule has 0 saturated heterocycles. The lowest BCUT2D eigenvalue weighted by atomic mass is 10.2. The first-order chi connectivity index (χ1) is 10.5. The summed E-state index contributed by atoms with van der Waals surface area (Å²) in [6.45, 7) is 0. The minimum Gasteiger partial charge on any atom is -0.308 e. The van der Waals surface area contributed by atoms with Crippen LogP contribution in [0.2, 0.25) is 10.0 Å². The van der Waals surface area contributed by atoms with E-state index < -0.39 is 0 Å². The molecule has 0 fully saturated rings. The monoisotopic (exact) mass is 330 g/mol. The van der Waals surface area contributed by atoms with Crippen molar-refractivity contribution in [3.05, 3.63) is 74.1 Å². The molecule has 0 bridgehead atoms. The highest BCUT2D eigenvalue weighted by atomic mass is 35.5. The van der Waals surface area contributed by atoms with E-state index in [4.69, 9.17) is 23.2 Å². The Hall–Kier alpha value is -2.10. The molecule has 1 heterocycles. The molecule has 3 rings (SSSR count). The van der Waals surface area contributed by atoms with Crippen molar-refractivity contribution in [1.29, 1.82) is 0 Å². The highest BCUT2D eigenvalue weighted by Crippen LogP contribution is 2.20.